The van der Waals surface area contributed by atoms with Crippen molar-refractivity contribution in [2.75, 3.05) is 6.54 Å². The van der Waals surface area contributed by atoms with Crippen LogP contribution in [-0.2, 0) is 0 Å². The van der Waals surface area contributed by atoms with Gasteiger partial charge in [0.15, 0.2) is 0 Å². The standard InChI is InChI=1S/C17H25N3/c1-12-9-16-17(10-13(12)2)20(11-19-16)14(3)5-4-8-18-15-6-7-15/h9-11,14-15,18H,4-8H2,1-3H3. The van der Waals surface area contributed by atoms with E-state index in [0.717, 1.165) is 18.1 Å². The normalized spacial score (nSPS) is 16.8. The summed E-state index contributed by atoms with van der Waals surface area (Å²) in [5.41, 5.74) is 5.07. The van der Waals surface area contributed by atoms with Crippen LogP contribution in [0, 0.1) is 13.8 Å². The van der Waals surface area contributed by atoms with Crippen LogP contribution in [-0.4, -0.2) is 22.1 Å². The molecule has 0 radical (unpaired) electrons. The summed E-state index contributed by atoms with van der Waals surface area (Å²) in [4.78, 5) is 4.56. The number of imidazole rings is 1. The molecule has 0 amide bonds. The van der Waals surface area contributed by atoms with E-state index in [2.05, 4.69) is 47.8 Å². The lowest BCUT2D eigenvalue weighted by Gasteiger charge is -2.15. The number of aryl methyl sites for hydroxylation is 2. The largest absolute Gasteiger partial charge is 0.328 e. The van der Waals surface area contributed by atoms with Crippen molar-refractivity contribution in [3.05, 3.63) is 29.6 Å². The molecule has 1 atom stereocenters. The van der Waals surface area contributed by atoms with Gasteiger partial charge in [-0.3, -0.25) is 0 Å². The Morgan fingerprint density at radius 2 is 2.05 bits per heavy atom. The predicted octanol–water partition coefficient (Wildman–Crippen LogP) is 3.75. The summed E-state index contributed by atoms with van der Waals surface area (Å²) < 4.78 is 2.33. The van der Waals surface area contributed by atoms with Crippen molar-refractivity contribution < 1.29 is 0 Å². The van der Waals surface area contributed by atoms with E-state index >= 15 is 0 Å². The summed E-state index contributed by atoms with van der Waals surface area (Å²) in [7, 11) is 0. The molecule has 1 saturated carbocycles. The zero-order chi connectivity index (χ0) is 14.1. The van der Waals surface area contributed by atoms with Gasteiger partial charge in [-0.1, -0.05) is 0 Å². The maximum absolute atomic E-state index is 4.56. The van der Waals surface area contributed by atoms with E-state index in [1.54, 1.807) is 0 Å². The average Bonchev–Trinajstić information content (AvgIpc) is 3.16. The van der Waals surface area contributed by atoms with Gasteiger partial charge in [-0.15, -0.1) is 0 Å². The summed E-state index contributed by atoms with van der Waals surface area (Å²) in [5.74, 6) is 0. The Hall–Kier alpha value is -1.35. The molecule has 1 unspecified atom stereocenters. The number of benzene rings is 1. The second-order valence-corrected chi connectivity index (χ2v) is 6.30. The molecule has 3 nitrogen and oxygen atoms in total. The highest BCUT2D eigenvalue weighted by atomic mass is 15.1. The minimum absolute atomic E-state index is 0.517. The van der Waals surface area contributed by atoms with Gasteiger partial charge in [0.1, 0.15) is 0 Å². The summed E-state index contributed by atoms with van der Waals surface area (Å²) in [6, 6.07) is 5.81. The summed E-state index contributed by atoms with van der Waals surface area (Å²) in [6.45, 7) is 7.78. The van der Waals surface area contributed by atoms with Gasteiger partial charge >= 0.3 is 0 Å². The fourth-order valence-corrected chi connectivity index (χ4v) is 2.76. The number of fused-ring (bicyclic) bond motifs is 1. The molecule has 108 valence electrons. The van der Waals surface area contributed by atoms with Crippen molar-refractivity contribution in [3.8, 4) is 0 Å². The van der Waals surface area contributed by atoms with E-state index in [4.69, 9.17) is 0 Å². The van der Waals surface area contributed by atoms with E-state index in [1.165, 1.54) is 42.3 Å². The van der Waals surface area contributed by atoms with E-state index in [-0.39, 0.29) is 0 Å². The molecule has 3 rings (SSSR count). The van der Waals surface area contributed by atoms with Crippen LogP contribution in [0.5, 0.6) is 0 Å². The van der Waals surface area contributed by atoms with Gasteiger partial charge in [-0.25, -0.2) is 4.98 Å². The van der Waals surface area contributed by atoms with Crippen molar-refractivity contribution >= 4 is 11.0 Å². The number of hydrogen-bond donors (Lipinski definition) is 1. The molecular formula is C17H25N3. The molecule has 2 aromatic rings. The topological polar surface area (TPSA) is 29.9 Å². The highest BCUT2D eigenvalue weighted by molar-refractivity contribution is 5.77. The lowest BCUT2D eigenvalue weighted by molar-refractivity contribution is 0.484. The minimum atomic E-state index is 0.517. The van der Waals surface area contributed by atoms with E-state index < -0.39 is 0 Å². The molecule has 1 aliphatic carbocycles. The number of rotatable bonds is 6. The van der Waals surface area contributed by atoms with Crippen LogP contribution >= 0.6 is 0 Å². The average molecular weight is 271 g/mol. The van der Waals surface area contributed by atoms with E-state index in [1.807, 2.05) is 6.33 Å². The molecule has 20 heavy (non-hydrogen) atoms. The van der Waals surface area contributed by atoms with Gasteiger partial charge in [0, 0.05) is 12.1 Å². The summed E-state index contributed by atoms with van der Waals surface area (Å²) >= 11 is 0. The van der Waals surface area contributed by atoms with Gasteiger partial charge < -0.3 is 9.88 Å². The first-order chi connectivity index (χ1) is 9.65. The van der Waals surface area contributed by atoms with Crippen molar-refractivity contribution in [1.29, 1.82) is 0 Å². The first-order valence-electron chi connectivity index (χ1n) is 7.82. The molecule has 0 bridgehead atoms. The minimum Gasteiger partial charge on any atom is -0.328 e. The molecule has 1 aromatic carbocycles. The first kappa shape index (κ1) is 13.6. The Morgan fingerprint density at radius 1 is 1.30 bits per heavy atom. The van der Waals surface area contributed by atoms with Crippen LogP contribution in [0.1, 0.15) is 49.8 Å². The molecular weight excluding hydrogens is 246 g/mol. The van der Waals surface area contributed by atoms with Gasteiger partial charge in [-0.2, -0.15) is 0 Å². The first-order valence-corrected chi connectivity index (χ1v) is 7.82. The molecule has 1 fully saturated rings. The number of nitrogens with zero attached hydrogens (tertiary/aromatic N) is 2. The fourth-order valence-electron chi connectivity index (χ4n) is 2.76. The number of aromatic nitrogens is 2. The molecule has 1 aromatic heterocycles. The molecule has 1 N–H and O–H groups in total. The van der Waals surface area contributed by atoms with Crippen molar-refractivity contribution in [3.63, 3.8) is 0 Å². The third-order valence-corrected chi connectivity index (χ3v) is 4.47. The highest BCUT2D eigenvalue weighted by Gasteiger charge is 2.19. The smallest absolute Gasteiger partial charge is 0.0960 e. The van der Waals surface area contributed by atoms with E-state index in [9.17, 15) is 0 Å². The molecule has 0 spiro atoms. The fraction of sp³-hybridized carbons (Fsp3) is 0.588. The summed E-state index contributed by atoms with van der Waals surface area (Å²) in [5, 5.41) is 3.59. The van der Waals surface area contributed by atoms with Crippen LogP contribution in [0.2, 0.25) is 0 Å². The second-order valence-electron chi connectivity index (χ2n) is 6.30. The van der Waals surface area contributed by atoms with Gasteiger partial charge in [0.25, 0.3) is 0 Å². The lowest BCUT2D eigenvalue weighted by Crippen LogP contribution is -2.18. The van der Waals surface area contributed by atoms with E-state index in [0.29, 0.717) is 6.04 Å². The van der Waals surface area contributed by atoms with Crippen LogP contribution in [0.4, 0.5) is 0 Å². The Kier molecular flexibility index (Phi) is 3.79. The van der Waals surface area contributed by atoms with Crippen LogP contribution in [0.3, 0.4) is 0 Å². The zero-order valence-corrected chi connectivity index (χ0v) is 12.8. The Morgan fingerprint density at radius 3 is 2.80 bits per heavy atom. The second kappa shape index (κ2) is 5.57. The monoisotopic (exact) mass is 271 g/mol. The molecule has 3 heteroatoms. The highest BCUT2D eigenvalue weighted by Crippen LogP contribution is 2.24. The SMILES string of the molecule is Cc1cc2ncn(C(C)CCCNC3CC3)c2cc1C. The molecule has 1 heterocycles. The van der Waals surface area contributed by atoms with Crippen molar-refractivity contribution in [2.45, 2.75) is 58.5 Å². The third kappa shape index (κ3) is 2.88. The number of hydrogen-bond acceptors (Lipinski definition) is 2. The lowest BCUT2D eigenvalue weighted by atomic mass is 10.1. The maximum atomic E-state index is 4.56. The van der Waals surface area contributed by atoms with Crippen LogP contribution < -0.4 is 5.32 Å². The molecule has 1 aliphatic rings. The van der Waals surface area contributed by atoms with Gasteiger partial charge in [-0.05, 0) is 76.3 Å². The quantitative estimate of drug-likeness (QED) is 0.811. The Bertz CT molecular complexity index is 596. The third-order valence-electron chi connectivity index (χ3n) is 4.47. The van der Waals surface area contributed by atoms with Crippen LogP contribution in [0.15, 0.2) is 18.5 Å². The molecule has 0 aliphatic heterocycles. The van der Waals surface area contributed by atoms with Crippen LogP contribution in [0.25, 0.3) is 11.0 Å². The molecule has 0 saturated heterocycles. The Labute approximate surface area is 121 Å². The zero-order valence-electron chi connectivity index (χ0n) is 12.8. The van der Waals surface area contributed by atoms with Gasteiger partial charge in [0.2, 0.25) is 0 Å². The summed E-state index contributed by atoms with van der Waals surface area (Å²) in [6.07, 6.45) is 7.20. The maximum Gasteiger partial charge on any atom is 0.0960 e. The number of nitrogens with one attached hydrogen (secondary N) is 1. The van der Waals surface area contributed by atoms with Crippen molar-refractivity contribution in [2.24, 2.45) is 0 Å². The van der Waals surface area contributed by atoms with Gasteiger partial charge in [0.05, 0.1) is 17.4 Å². The predicted molar refractivity (Wildman–Crippen MR) is 84.2 cm³/mol. The Balaban J connectivity index is 1.67. The van der Waals surface area contributed by atoms with Crippen molar-refractivity contribution in [1.82, 2.24) is 14.9 Å².